The molecule has 0 spiro atoms. The van der Waals surface area contributed by atoms with Crippen LogP contribution >= 0.6 is 0 Å². The highest BCUT2D eigenvalue weighted by Crippen LogP contribution is 2.27. The Bertz CT molecular complexity index is 1040. The summed E-state index contributed by atoms with van der Waals surface area (Å²) in [5.74, 6) is 3.08. The molecule has 2 aliphatic rings. The van der Waals surface area contributed by atoms with Crippen molar-refractivity contribution in [2.45, 2.75) is 32.8 Å². The van der Waals surface area contributed by atoms with Gasteiger partial charge in [0.15, 0.2) is 5.82 Å². The van der Waals surface area contributed by atoms with Crippen LogP contribution in [0.25, 0.3) is 0 Å². The second-order valence-corrected chi connectivity index (χ2v) is 8.20. The van der Waals surface area contributed by atoms with Crippen LogP contribution in [0.2, 0.25) is 0 Å². The quantitative estimate of drug-likeness (QED) is 0.741. The van der Waals surface area contributed by atoms with Crippen LogP contribution in [-0.4, -0.2) is 23.8 Å². The Kier molecular flexibility index (Phi) is 6.37. The van der Waals surface area contributed by atoms with Crippen LogP contribution in [-0.2, 0) is 13.0 Å². The maximum atomic E-state index is 9.69. The molecule has 31 heavy (non-hydrogen) atoms. The minimum absolute atomic E-state index is 0.514. The van der Waals surface area contributed by atoms with E-state index in [2.05, 4.69) is 48.0 Å². The van der Waals surface area contributed by atoms with E-state index in [9.17, 15) is 5.26 Å². The van der Waals surface area contributed by atoms with E-state index in [0.29, 0.717) is 30.2 Å². The number of piperidine rings is 1. The Labute approximate surface area is 184 Å². The van der Waals surface area contributed by atoms with Crippen molar-refractivity contribution in [1.29, 1.82) is 5.26 Å². The number of ether oxygens (including phenoxy) is 1. The summed E-state index contributed by atoms with van der Waals surface area (Å²) in [4.78, 5) is 7.08. The van der Waals surface area contributed by atoms with Crippen molar-refractivity contribution < 1.29 is 4.74 Å². The summed E-state index contributed by atoms with van der Waals surface area (Å²) in [6.07, 6.45) is 2.81. The maximum absolute atomic E-state index is 9.69. The zero-order chi connectivity index (χ0) is 21.6. The number of nitriles is 1. The molecule has 1 saturated heterocycles. The van der Waals surface area contributed by atoms with Crippen LogP contribution in [0, 0.1) is 17.2 Å². The molecule has 5 heteroatoms. The second kappa shape index (κ2) is 9.53. The SMILES string of the molecule is C=C1NC(Cc2ccccc2OCc2ccccc2)=NC(N2CCC(C)CC2)=C1C#N. The minimum atomic E-state index is 0.514. The summed E-state index contributed by atoms with van der Waals surface area (Å²) >= 11 is 0. The van der Waals surface area contributed by atoms with Crippen LogP contribution in [0.4, 0.5) is 0 Å². The van der Waals surface area contributed by atoms with E-state index in [0.717, 1.165) is 54.5 Å². The zero-order valence-electron chi connectivity index (χ0n) is 18.0. The normalized spacial score (nSPS) is 17.1. The van der Waals surface area contributed by atoms with Gasteiger partial charge < -0.3 is 15.0 Å². The van der Waals surface area contributed by atoms with Crippen LogP contribution in [0.3, 0.4) is 0 Å². The molecule has 0 saturated carbocycles. The lowest BCUT2D eigenvalue weighted by atomic mass is 9.98. The van der Waals surface area contributed by atoms with E-state index >= 15 is 0 Å². The third-order valence-corrected chi connectivity index (χ3v) is 5.82. The predicted octanol–water partition coefficient (Wildman–Crippen LogP) is 4.79. The van der Waals surface area contributed by atoms with E-state index in [4.69, 9.17) is 9.73 Å². The molecule has 0 unspecified atom stereocenters. The fourth-order valence-electron chi connectivity index (χ4n) is 3.94. The molecule has 158 valence electrons. The van der Waals surface area contributed by atoms with Crippen LogP contribution in [0.15, 0.2) is 83.3 Å². The first-order chi connectivity index (χ1) is 15.1. The molecule has 0 amide bonds. The van der Waals surface area contributed by atoms with Gasteiger partial charge in [0.25, 0.3) is 0 Å². The number of hydrogen-bond acceptors (Lipinski definition) is 5. The highest BCUT2D eigenvalue weighted by atomic mass is 16.5. The first-order valence-corrected chi connectivity index (χ1v) is 10.8. The number of aliphatic imine (C=N–C) groups is 1. The molecule has 2 aliphatic heterocycles. The van der Waals surface area contributed by atoms with Crippen molar-refractivity contribution in [2.75, 3.05) is 13.1 Å². The molecule has 2 aromatic carbocycles. The molecule has 2 heterocycles. The Morgan fingerprint density at radius 1 is 1.13 bits per heavy atom. The van der Waals surface area contributed by atoms with E-state index < -0.39 is 0 Å². The fourth-order valence-corrected chi connectivity index (χ4v) is 3.94. The van der Waals surface area contributed by atoms with E-state index in [1.807, 2.05) is 36.4 Å². The Hall–Kier alpha value is -3.52. The van der Waals surface area contributed by atoms with Crippen LogP contribution < -0.4 is 10.1 Å². The third kappa shape index (κ3) is 4.97. The van der Waals surface area contributed by atoms with Gasteiger partial charge in [0.2, 0.25) is 0 Å². The summed E-state index contributed by atoms with van der Waals surface area (Å²) in [6.45, 7) is 8.72. The fraction of sp³-hybridized carbons (Fsp3) is 0.308. The highest BCUT2D eigenvalue weighted by Gasteiger charge is 2.26. The summed E-state index contributed by atoms with van der Waals surface area (Å²) < 4.78 is 6.11. The van der Waals surface area contributed by atoms with Gasteiger partial charge in [-0.05, 0) is 30.4 Å². The highest BCUT2D eigenvalue weighted by molar-refractivity contribution is 5.89. The molecule has 1 fully saturated rings. The molecular formula is C26H28N4O. The van der Waals surface area contributed by atoms with Gasteiger partial charge in [-0.3, -0.25) is 0 Å². The number of allylic oxidation sites excluding steroid dienone is 1. The topological polar surface area (TPSA) is 60.6 Å². The number of nitrogens with one attached hydrogen (secondary N) is 1. The molecule has 5 nitrogen and oxygen atoms in total. The molecule has 4 rings (SSSR count). The molecule has 1 N–H and O–H groups in total. The van der Waals surface area contributed by atoms with Gasteiger partial charge in [0, 0.05) is 25.1 Å². The van der Waals surface area contributed by atoms with E-state index in [1.54, 1.807) is 0 Å². The van der Waals surface area contributed by atoms with Crippen LogP contribution in [0.1, 0.15) is 30.9 Å². The molecule has 0 radical (unpaired) electrons. The lowest BCUT2D eigenvalue weighted by molar-refractivity contribution is 0.234. The second-order valence-electron chi connectivity index (χ2n) is 8.20. The number of rotatable bonds is 6. The third-order valence-electron chi connectivity index (χ3n) is 5.82. The van der Waals surface area contributed by atoms with Gasteiger partial charge in [0.1, 0.15) is 29.8 Å². The van der Waals surface area contributed by atoms with Crippen molar-refractivity contribution in [3.63, 3.8) is 0 Å². The first-order valence-electron chi connectivity index (χ1n) is 10.8. The molecule has 0 bridgehead atoms. The Balaban J connectivity index is 1.54. The number of para-hydroxylation sites is 1. The van der Waals surface area contributed by atoms with Crippen molar-refractivity contribution in [3.05, 3.63) is 89.4 Å². The van der Waals surface area contributed by atoms with Crippen LogP contribution in [0.5, 0.6) is 5.75 Å². The lowest BCUT2D eigenvalue weighted by Crippen LogP contribution is -2.37. The van der Waals surface area contributed by atoms with Crippen molar-refractivity contribution >= 4 is 5.84 Å². The maximum Gasteiger partial charge on any atom is 0.150 e. The van der Waals surface area contributed by atoms with Gasteiger partial charge in [-0.15, -0.1) is 0 Å². The molecule has 0 atom stereocenters. The lowest BCUT2D eigenvalue weighted by Gasteiger charge is -2.34. The number of likely N-dealkylation sites (tertiary alicyclic amines) is 1. The van der Waals surface area contributed by atoms with E-state index in [-0.39, 0.29) is 0 Å². The summed E-state index contributed by atoms with van der Waals surface area (Å²) in [7, 11) is 0. The molecule has 0 aromatic heterocycles. The van der Waals surface area contributed by atoms with Gasteiger partial charge in [-0.25, -0.2) is 4.99 Å². The largest absolute Gasteiger partial charge is 0.489 e. The van der Waals surface area contributed by atoms with Gasteiger partial charge >= 0.3 is 0 Å². The first kappa shape index (κ1) is 20.7. The zero-order valence-corrected chi connectivity index (χ0v) is 18.0. The summed E-state index contributed by atoms with van der Waals surface area (Å²) in [5, 5.41) is 12.9. The average molecular weight is 413 g/mol. The number of amidine groups is 1. The van der Waals surface area contributed by atoms with Crippen molar-refractivity contribution in [2.24, 2.45) is 10.9 Å². The minimum Gasteiger partial charge on any atom is -0.489 e. The molecule has 0 aliphatic carbocycles. The van der Waals surface area contributed by atoms with Gasteiger partial charge in [-0.2, -0.15) is 5.26 Å². The van der Waals surface area contributed by atoms with E-state index in [1.165, 1.54) is 0 Å². The standard InChI is InChI=1S/C26H28N4O/c1-19-12-14-30(15-13-19)26-23(17-27)20(2)28-25(29-26)16-22-10-6-7-11-24(22)31-18-21-8-4-3-5-9-21/h3-11,19H,2,12-16,18H2,1H3,(H,28,29). The Morgan fingerprint density at radius 2 is 1.84 bits per heavy atom. The predicted molar refractivity (Wildman–Crippen MR) is 123 cm³/mol. The summed E-state index contributed by atoms with van der Waals surface area (Å²) in [6, 6.07) is 20.5. The number of benzene rings is 2. The van der Waals surface area contributed by atoms with Crippen molar-refractivity contribution in [3.8, 4) is 11.8 Å². The van der Waals surface area contributed by atoms with Gasteiger partial charge in [-0.1, -0.05) is 62.0 Å². The molecule has 2 aromatic rings. The van der Waals surface area contributed by atoms with Crippen molar-refractivity contribution in [1.82, 2.24) is 10.2 Å². The number of hydrogen-bond donors (Lipinski definition) is 1. The molecular weight excluding hydrogens is 384 g/mol. The monoisotopic (exact) mass is 412 g/mol. The van der Waals surface area contributed by atoms with Gasteiger partial charge in [0.05, 0.1) is 5.70 Å². The average Bonchev–Trinajstić information content (AvgIpc) is 2.79. The summed E-state index contributed by atoms with van der Waals surface area (Å²) in [5.41, 5.74) is 3.32. The number of nitrogens with zero attached hydrogens (tertiary/aromatic N) is 3. The smallest absolute Gasteiger partial charge is 0.150 e. The Morgan fingerprint density at radius 3 is 2.58 bits per heavy atom.